The molecule has 2 aromatic carbocycles. The third-order valence-corrected chi connectivity index (χ3v) is 6.06. The first-order chi connectivity index (χ1) is 16.9. The maximum absolute atomic E-state index is 15.2. The Kier molecular flexibility index (Phi) is 8.25. The number of nitrogens with zero attached hydrogens (tertiary/aromatic N) is 4. The summed E-state index contributed by atoms with van der Waals surface area (Å²) in [5.74, 6) is 1.37. The van der Waals surface area contributed by atoms with Crippen LogP contribution in [0.15, 0.2) is 42.5 Å². The highest BCUT2D eigenvalue weighted by molar-refractivity contribution is 5.79. The number of aromatic nitrogens is 3. The molecule has 35 heavy (non-hydrogen) atoms. The fourth-order valence-electron chi connectivity index (χ4n) is 4.24. The number of Topliss-reactive ketones (excluding diaryl/α,β-unsaturated/α-hetero) is 1. The van der Waals surface area contributed by atoms with Crippen molar-refractivity contribution in [2.45, 2.75) is 33.2 Å². The molecule has 0 bridgehead atoms. The van der Waals surface area contributed by atoms with Gasteiger partial charge < -0.3 is 9.47 Å². The Balaban J connectivity index is 1.60. The van der Waals surface area contributed by atoms with Crippen LogP contribution >= 0.6 is 0 Å². The molecular weight excluding hydrogens is 447 g/mol. The maximum atomic E-state index is 15.2. The molecule has 0 atom stereocenters. The summed E-state index contributed by atoms with van der Waals surface area (Å²) in [5.41, 5.74) is 2.00. The molecule has 1 fully saturated rings. The van der Waals surface area contributed by atoms with Gasteiger partial charge in [0.25, 0.3) is 0 Å². The van der Waals surface area contributed by atoms with Crippen LogP contribution in [0.2, 0.25) is 0 Å². The molecule has 4 rings (SSSR count). The zero-order valence-corrected chi connectivity index (χ0v) is 20.7. The second kappa shape index (κ2) is 11.6. The first-order valence-corrected chi connectivity index (χ1v) is 12.1. The van der Waals surface area contributed by atoms with Gasteiger partial charge in [-0.2, -0.15) is 0 Å². The molecule has 0 N–H and O–H groups in total. The molecule has 1 aliphatic heterocycles. The van der Waals surface area contributed by atoms with Crippen molar-refractivity contribution >= 4 is 5.78 Å². The van der Waals surface area contributed by atoms with E-state index in [0.29, 0.717) is 23.6 Å². The van der Waals surface area contributed by atoms with E-state index in [-0.39, 0.29) is 29.9 Å². The maximum Gasteiger partial charge on any atom is 0.184 e. The third kappa shape index (κ3) is 6.52. The van der Waals surface area contributed by atoms with Gasteiger partial charge in [0.1, 0.15) is 18.1 Å². The lowest BCUT2D eigenvalue weighted by atomic mass is 10.1. The first kappa shape index (κ1) is 25.0. The Hall–Kier alpha value is -3.10. The lowest BCUT2D eigenvalue weighted by Gasteiger charge is -2.26. The molecule has 1 aliphatic rings. The average Bonchev–Trinajstić information content (AvgIpc) is 3.26. The monoisotopic (exact) mass is 480 g/mol. The highest BCUT2D eigenvalue weighted by Crippen LogP contribution is 2.27. The molecule has 0 radical (unpaired) electrons. The number of hydrogen-bond acceptors (Lipinski definition) is 6. The Labute approximate surface area is 205 Å². The summed E-state index contributed by atoms with van der Waals surface area (Å²) in [6, 6.07) is 12.6. The number of methoxy groups -OCH3 is 1. The van der Waals surface area contributed by atoms with Crippen molar-refractivity contribution in [3.05, 3.63) is 53.8 Å². The summed E-state index contributed by atoms with van der Waals surface area (Å²) < 4.78 is 27.5. The van der Waals surface area contributed by atoms with Gasteiger partial charge in [-0.3, -0.25) is 9.69 Å². The van der Waals surface area contributed by atoms with Gasteiger partial charge in [-0.15, -0.1) is 5.10 Å². The van der Waals surface area contributed by atoms with Crippen molar-refractivity contribution < 1.29 is 18.7 Å². The topological polar surface area (TPSA) is 69.5 Å². The number of ether oxygens (including phenoxy) is 2. The zero-order chi connectivity index (χ0) is 24.8. The highest BCUT2D eigenvalue weighted by Gasteiger charge is 2.19. The van der Waals surface area contributed by atoms with Crippen LogP contribution in [-0.4, -0.2) is 65.4 Å². The van der Waals surface area contributed by atoms with Crippen LogP contribution in [0.4, 0.5) is 4.39 Å². The minimum absolute atomic E-state index is 0.0551. The predicted molar refractivity (Wildman–Crippen MR) is 133 cm³/mol. The summed E-state index contributed by atoms with van der Waals surface area (Å²) in [7, 11) is 1.59. The van der Waals surface area contributed by atoms with E-state index < -0.39 is 0 Å². The summed E-state index contributed by atoms with van der Waals surface area (Å²) in [6.45, 7) is 8.26. The van der Waals surface area contributed by atoms with Gasteiger partial charge >= 0.3 is 0 Å². The van der Waals surface area contributed by atoms with Gasteiger partial charge in [-0.25, -0.2) is 14.1 Å². The number of carbonyl (C=O) groups is 1. The van der Waals surface area contributed by atoms with Gasteiger partial charge in [0.05, 0.1) is 25.9 Å². The molecule has 0 unspecified atom stereocenters. The van der Waals surface area contributed by atoms with E-state index in [1.54, 1.807) is 23.9 Å². The van der Waals surface area contributed by atoms with Crippen molar-refractivity contribution in [1.82, 2.24) is 19.7 Å². The van der Waals surface area contributed by atoms with E-state index >= 15 is 4.39 Å². The highest BCUT2D eigenvalue weighted by atomic mass is 19.1. The standard InChI is InChI=1S/C27H33FN4O3/c1-19(2)15-22(33)18-32-27(21-5-4-6-23(17-21)34-3)29-26(30-32)24-8-7-20(16-25(24)28)9-10-31-11-13-35-14-12-31/h4-8,16-17,19H,9-15,18H2,1-3H3. The molecule has 1 aromatic heterocycles. The smallest absolute Gasteiger partial charge is 0.184 e. The van der Waals surface area contributed by atoms with E-state index in [0.717, 1.165) is 50.4 Å². The van der Waals surface area contributed by atoms with Crippen LogP contribution < -0.4 is 4.74 Å². The SMILES string of the molecule is COc1cccc(-c2nc(-c3ccc(CCN4CCOCC4)cc3F)nn2CC(=O)CC(C)C)c1. The van der Waals surface area contributed by atoms with Gasteiger partial charge in [-0.1, -0.05) is 32.0 Å². The number of morpholine rings is 1. The average molecular weight is 481 g/mol. The minimum Gasteiger partial charge on any atom is -0.497 e. The second-order valence-electron chi connectivity index (χ2n) is 9.30. The van der Waals surface area contributed by atoms with Gasteiger partial charge in [-0.05, 0) is 42.2 Å². The summed E-state index contributed by atoms with van der Waals surface area (Å²) >= 11 is 0. The molecule has 0 amide bonds. The van der Waals surface area contributed by atoms with Crippen LogP contribution in [-0.2, 0) is 22.5 Å². The summed E-state index contributed by atoms with van der Waals surface area (Å²) in [4.78, 5) is 19.6. The molecule has 1 saturated heterocycles. The van der Waals surface area contributed by atoms with Gasteiger partial charge in [0.2, 0.25) is 0 Å². The fraction of sp³-hybridized carbons (Fsp3) is 0.444. The number of rotatable bonds is 10. The summed E-state index contributed by atoms with van der Waals surface area (Å²) in [5, 5.41) is 4.55. The predicted octanol–water partition coefficient (Wildman–Crippen LogP) is 4.25. The molecular formula is C27H33FN4O3. The molecule has 2 heterocycles. The number of ketones is 1. The molecule has 0 aliphatic carbocycles. The van der Waals surface area contributed by atoms with E-state index in [4.69, 9.17) is 9.47 Å². The Bertz CT molecular complexity index is 1160. The van der Waals surface area contributed by atoms with Crippen LogP contribution in [0.25, 0.3) is 22.8 Å². The van der Waals surface area contributed by atoms with Gasteiger partial charge in [0, 0.05) is 31.6 Å². The van der Waals surface area contributed by atoms with Crippen molar-refractivity contribution in [3.8, 4) is 28.5 Å². The van der Waals surface area contributed by atoms with Crippen LogP contribution in [0.5, 0.6) is 5.75 Å². The lowest BCUT2D eigenvalue weighted by Crippen LogP contribution is -2.37. The molecule has 8 heteroatoms. The normalized spacial score (nSPS) is 14.4. The van der Waals surface area contributed by atoms with Crippen LogP contribution in [0.1, 0.15) is 25.8 Å². The van der Waals surface area contributed by atoms with Crippen molar-refractivity contribution in [3.63, 3.8) is 0 Å². The first-order valence-electron chi connectivity index (χ1n) is 12.1. The molecule has 3 aromatic rings. The molecule has 186 valence electrons. The summed E-state index contributed by atoms with van der Waals surface area (Å²) in [6.07, 6.45) is 1.21. The largest absolute Gasteiger partial charge is 0.497 e. The van der Waals surface area contributed by atoms with E-state index in [9.17, 15) is 4.79 Å². The molecule has 0 spiro atoms. The van der Waals surface area contributed by atoms with Crippen molar-refractivity contribution in [2.75, 3.05) is 40.0 Å². The van der Waals surface area contributed by atoms with Crippen molar-refractivity contribution in [2.24, 2.45) is 5.92 Å². The Morgan fingerprint density at radius 1 is 1.17 bits per heavy atom. The fourth-order valence-corrected chi connectivity index (χ4v) is 4.24. The quantitative estimate of drug-likeness (QED) is 0.432. The second-order valence-corrected chi connectivity index (χ2v) is 9.30. The van der Waals surface area contributed by atoms with Crippen LogP contribution in [0, 0.1) is 11.7 Å². The minimum atomic E-state index is -0.368. The number of carbonyl (C=O) groups excluding carboxylic acids is 1. The molecule has 0 saturated carbocycles. The number of halogens is 1. The third-order valence-electron chi connectivity index (χ3n) is 6.06. The Morgan fingerprint density at radius 2 is 1.97 bits per heavy atom. The zero-order valence-electron chi connectivity index (χ0n) is 20.7. The van der Waals surface area contributed by atoms with E-state index in [2.05, 4.69) is 15.0 Å². The van der Waals surface area contributed by atoms with E-state index in [1.807, 2.05) is 44.2 Å². The van der Waals surface area contributed by atoms with Crippen LogP contribution in [0.3, 0.4) is 0 Å². The molecule has 7 nitrogen and oxygen atoms in total. The number of hydrogen-bond donors (Lipinski definition) is 0. The van der Waals surface area contributed by atoms with Crippen molar-refractivity contribution in [1.29, 1.82) is 0 Å². The lowest BCUT2D eigenvalue weighted by molar-refractivity contribution is -0.120. The van der Waals surface area contributed by atoms with E-state index in [1.165, 1.54) is 0 Å². The Morgan fingerprint density at radius 3 is 2.69 bits per heavy atom. The van der Waals surface area contributed by atoms with Gasteiger partial charge in [0.15, 0.2) is 17.4 Å². The number of benzene rings is 2.